The quantitative estimate of drug-likeness (QED) is 0.406. The van der Waals surface area contributed by atoms with Gasteiger partial charge in [-0.1, -0.05) is 33.6 Å². The molecule has 138 valence electrons. The van der Waals surface area contributed by atoms with Gasteiger partial charge in [-0.3, -0.25) is 4.79 Å². The maximum atomic E-state index is 12.4. The molecule has 27 heavy (non-hydrogen) atoms. The van der Waals surface area contributed by atoms with E-state index in [-0.39, 0.29) is 12.2 Å². The largest absolute Gasteiger partial charge is 0.481 e. The maximum Gasteiger partial charge on any atom is 0.343 e. The normalized spacial score (nSPS) is 10.7. The third-order valence-corrected chi connectivity index (χ3v) is 4.02. The SMILES string of the molecule is COC(=O)COc1ccc(Br)cc1/C=C(\C#N)C(=O)Nc1cccc(Cl)c1. The number of amides is 1. The Morgan fingerprint density at radius 2 is 2.07 bits per heavy atom. The molecule has 1 amide bonds. The summed E-state index contributed by atoms with van der Waals surface area (Å²) < 4.78 is 10.7. The van der Waals surface area contributed by atoms with Crippen LogP contribution in [-0.4, -0.2) is 25.6 Å². The Labute approximate surface area is 169 Å². The van der Waals surface area contributed by atoms with Crippen molar-refractivity contribution in [3.05, 3.63) is 63.1 Å². The Balaban J connectivity index is 2.27. The summed E-state index contributed by atoms with van der Waals surface area (Å²) >= 11 is 9.22. The van der Waals surface area contributed by atoms with Gasteiger partial charge in [-0.25, -0.2) is 4.79 Å². The van der Waals surface area contributed by atoms with Gasteiger partial charge in [0.25, 0.3) is 5.91 Å². The number of methoxy groups -OCH3 is 1. The zero-order valence-electron chi connectivity index (χ0n) is 14.2. The molecule has 0 aromatic heterocycles. The molecule has 2 aromatic rings. The van der Waals surface area contributed by atoms with Crippen molar-refractivity contribution < 1.29 is 19.1 Å². The van der Waals surface area contributed by atoms with Crippen LogP contribution in [0.5, 0.6) is 5.75 Å². The Morgan fingerprint density at radius 1 is 1.30 bits per heavy atom. The van der Waals surface area contributed by atoms with E-state index in [4.69, 9.17) is 16.3 Å². The number of nitriles is 1. The number of hydrogen-bond donors (Lipinski definition) is 1. The van der Waals surface area contributed by atoms with Gasteiger partial charge < -0.3 is 14.8 Å². The molecule has 0 aliphatic heterocycles. The molecular weight excluding hydrogens is 436 g/mol. The van der Waals surface area contributed by atoms with Gasteiger partial charge in [0.2, 0.25) is 0 Å². The number of rotatable bonds is 6. The second kappa shape index (κ2) is 9.76. The van der Waals surface area contributed by atoms with Crippen LogP contribution in [0.1, 0.15) is 5.56 Å². The molecular formula is C19H14BrClN2O4. The highest BCUT2D eigenvalue weighted by Gasteiger charge is 2.13. The van der Waals surface area contributed by atoms with Crippen LogP contribution >= 0.6 is 27.5 Å². The minimum absolute atomic E-state index is 0.143. The van der Waals surface area contributed by atoms with Crippen LogP contribution in [0.4, 0.5) is 5.69 Å². The fraction of sp³-hybridized carbons (Fsp3) is 0.105. The molecule has 6 nitrogen and oxygen atoms in total. The topological polar surface area (TPSA) is 88.4 Å². The summed E-state index contributed by atoms with van der Waals surface area (Å²) in [6.07, 6.45) is 1.37. The zero-order valence-corrected chi connectivity index (χ0v) is 16.5. The highest BCUT2D eigenvalue weighted by atomic mass is 79.9. The van der Waals surface area contributed by atoms with Crippen LogP contribution in [0.2, 0.25) is 5.02 Å². The van der Waals surface area contributed by atoms with Crippen LogP contribution < -0.4 is 10.1 Å². The predicted octanol–water partition coefficient (Wildman–Crippen LogP) is 4.20. The molecule has 0 bridgehead atoms. The summed E-state index contributed by atoms with van der Waals surface area (Å²) in [4.78, 5) is 23.7. The molecule has 2 rings (SSSR count). The molecule has 0 atom stereocenters. The molecule has 0 spiro atoms. The molecule has 0 saturated heterocycles. The Morgan fingerprint density at radius 3 is 2.74 bits per heavy atom. The molecule has 1 N–H and O–H groups in total. The third kappa shape index (κ3) is 6.13. The molecule has 0 unspecified atom stereocenters. The van der Waals surface area contributed by atoms with E-state index in [1.54, 1.807) is 42.5 Å². The van der Waals surface area contributed by atoms with Crippen LogP contribution in [0.25, 0.3) is 6.08 Å². The predicted molar refractivity (Wildman–Crippen MR) is 105 cm³/mol. The number of ether oxygens (including phenoxy) is 2. The number of nitrogens with zero attached hydrogens (tertiary/aromatic N) is 1. The lowest BCUT2D eigenvalue weighted by molar-refractivity contribution is -0.142. The van der Waals surface area contributed by atoms with Gasteiger partial charge in [-0.05, 0) is 42.5 Å². The van der Waals surface area contributed by atoms with E-state index in [9.17, 15) is 14.9 Å². The third-order valence-electron chi connectivity index (χ3n) is 3.29. The second-order valence-electron chi connectivity index (χ2n) is 5.18. The Bertz CT molecular complexity index is 938. The van der Waals surface area contributed by atoms with Gasteiger partial charge in [0.15, 0.2) is 6.61 Å². The van der Waals surface area contributed by atoms with Crippen LogP contribution in [0, 0.1) is 11.3 Å². The second-order valence-corrected chi connectivity index (χ2v) is 6.53. The monoisotopic (exact) mass is 448 g/mol. The summed E-state index contributed by atoms with van der Waals surface area (Å²) in [7, 11) is 1.25. The van der Waals surface area contributed by atoms with Gasteiger partial charge in [0.1, 0.15) is 17.4 Å². The fourth-order valence-corrected chi connectivity index (χ4v) is 2.60. The number of anilines is 1. The lowest BCUT2D eigenvalue weighted by Gasteiger charge is -2.10. The number of carbonyl (C=O) groups is 2. The van der Waals surface area contributed by atoms with Crippen molar-refractivity contribution in [3.8, 4) is 11.8 Å². The minimum atomic E-state index is -0.598. The zero-order chi connectivity index (χ0) is 19.8. The van der Waals surface area contributed by atoms with E-state index < -0.39 is 11.9 Å². The highest BCUT2D eigenvalue weighted by molar-refractivity contribution is 9.10. The first-order valence-corrected chi connectivity index (χ1v) is 8.78. The van der Waals surface area contributed by atoms with E-state index in [1.807, 2.05) is 6.07 Å². The summed E-state index contributed by atoms with van der Waals surface area (Å²) in [5.41, 5.74) is 0.770. The van der Waals surface area contributed by atoms with Crippen molar-refractivity contribution >= 4 is 51.2 Å². The first kappa shape index (κ1) is 20.5. The number of hydrogen-bond acceptors (Lipinski definition) is 5. The van der Waals surface area contributed by atoms with Gasteiger partial charge in [0, 0.05) is 20.7 Å². The van der Waals surface area contributed by atoms with Crippen LogP contribution in [-0.2, 0) is 14.3 Å². The lowest BCUT2D eigenvalue weighted by atomic mass is 10.1. The summed E-state index contributed by atoms with van der Waals surface area (Å²) in [6.45, 7) is -0.296. The van der Waals surface area contributed by atoms with Gasteiger partial charge in [-0.15, -0.1) is 0 Å². The van der Waals surface area contributed by atoms with E-state index in [2.05, 4.69) is 26.0 Å². The molecule has 0 heterocycles. The van der Waals surface area contributed by atoms with Crippen LogP contribution in [0.15, 0.2) is 52.5 Å². The standard InChI is InChI=1S/C19H14BrClN2O4/c1-26-18(24)11-27-17-6-5-14(20)8-12(17)7-13(10-22)19(25)23-16-4-2-3-15(21)9-16/h2-9H,11H2,1H3,(H,23,25)/b13-7+. The molecule has 0 aliphatic carbocycles. The smallest absolute Gasteiger partial charge is 0.343 e. The average Bonchev–Trinajstić information content (AvgIpc) is 2.64. The summed E-state index contributed by atoms with van der Waals surface area (Å²) in [5.74, 6) is -0.822. The van der Waals surface area contributed by atoms with E-state index >= 15 is 0 Å². The number of benzene rings is 2. The molecule has 0 aliphatic rings. The van der Waals surface area contributed by atoms with Gasteiger partial charge >= 0.3 is 5.97 Å². The van der Waals surface area contributed by atoms with E-state index in [0.29, 0.717) is 26.5 Å². The van der Waals surface area contributed by atoms with Crippen molar-refractivity contribution in [2.75, 3.05) is 19.0 Å². The molecule has 2 aromatic carbocycles. The highest BCUT2D eigenvalue weighted by Crippen LogP contribution is 2.26. The fourth-order valence-electron chi connectivity index (χ4n) is 2.03. The van der Waals surface area contributed by atoms with Crippen molar-refractivity contribution in [2.45, 2.75) is 0 Å². The molecule has 8 heteroatoms. The number of halogens is 2. The summed E-state index contributed by atoms with van der Waals surface area (Å²) in [6, 6.07) is 13.4. The number of carbonyl (C=O) groups excluding carboxylic acids is 2. The van der Waals surface area contributed by atoms with E-state index in [1.165, 1.54) is 13.2 Å². The molecule has 0 fully saturated rings. The van der Waals surface area contributed by atoms with Crippen molar-refractivity contribution in [2.24, 2.45) is 0 Å². The van der Waals surface area contributed by atoms with Gasteiger partial charge in [-0.2, -0.15) is 5.26 Å². The first-order chi connectivity index (χ1) is 12.9. The number of esters is 1. The molecule has 0 saturated carbocycles. The summed E-state index contributed by atoms with van der Waals surface area (Å²) in [5, 5.41) is 12.4. The average molecular weight is 450 g/mol. The van der Waals surface area contributed by atoms with Crippen molar-refractivity contribution in [3.63, 3.8) is 0 Å². The minimum Gasteiger partial charge on any atom is -0.481 e. The van der Waals surface area contributed by atoms with Gasteiger partial charge in [0.05, 0.1) is 7.11 Å². The first-order valence-electron chi connectivity index (χ1n) is 7.61. The Kier molecular flexibility index (Phi) is 7.41. The van der Waals surface area contributed by atoms with Crippen molar-refractivity contribution in [1.82, 2.24) is 0 Å². The van der Waals surface area contributed by atoms with Crippen LogP contribution in [0.3, 0.4) is 0 Å². The van der Waals surface area contributed by atoms with Crippen molar-refractivity contribution in [1.29, 1.82) is 5.26 Å². The maximum absolute atomic E-state index is 12.4. The lowest BCUT2D eigenvalue weighted by Crippen LogP contribution is -2.14. The molecule has 0 radical (unpaired) electrons. The number of nitrogens with one attached hydrogen (secondary N) is 1. The van der Waals surface area contributed by atoms with E-state index in [0.717, 1.165) is 0 Å². The Hall–Kier alpha value is -2.82.